The number of aryl methyl sites for hydroxylation is 1. The predicted molar refractivity (Wildman–Crippen MR) is 142 cm³/mol. The van der Waals surface area contributed by atoms with Crippen LogP contribution in [0.4, 0.5) is 23.0 Å². The summed E-state index contributed by atoms with van der Waals surface area (Å²) in [5.41, 5.74) is 15.1. The van der Waals surface area contributed by atoms with Crippen LogP contribution in [-0.4, -0.2) is 30.1 Å². The molecule has 2 heterocycles. The maximum atomic E-state index is 12.5. The number of ether oxygens (including phenoxy) is 2. The van der Waals surface area contributed by atoms with E-state index in [1.54, 1.807) is 18.2 Å². The summed E-state index contributed by atoms with van der Waals surface area (Å²) >= 11 is 0. The van der Waals surface area contributed by atoms with E-state index in [4.69, 9.17) is 26.2 Å². The van der Waals surface area contributed by atoms with Crippen molar-refractivity contribution >= 4 is 34.9 Å². The molecule has 3 aromatic rings. The highest BCUT2D eigenvalue weighted by Gasteiger charge is 2.30. The number of nitrogens with two attached hydrogens (primary N) is 2. The Morgan fingerprint density at radius 3 is 2.66 bits per heavy atom. The van der Waals surface area contributed by atoms with Crippen LogP contribution in [0.5, 0.6) is 11.5 Å². The highest BCUT2D eigenvalue weighted by atomic mass is 16.5. The van der Waals surface area contributed by atoms with E-state index in [2.05, 4.69) is 25.9 Å². The summed E-state index contributed by atoms with van der Waals surface area (Å²) < 4.78 is 11.6. The predicted octanol–water partition coefficient (Wildman–Crippen LogP) is 2.78. The molecule has 12 nitrogen and oxygen atoms in total. The second-order valence-electron chi connectivity index (χ2n) is 8.19. The molecule has 4 rings (SSSR count). The standard InChI is InChI=1S/C26H25N9O3/c1-3-37-19-10-15(8-9-18(19)38-12-20(36)32-17-7-5-4-6-14(17)2)23-21-22(29)16(11-27)24(30)34-25(21)35-26(33-23)31-13-28/h4-10,23H,3,12H2,1-2H3,(H,32,36)(H6,29,30,31,33,34,35). The molecule has 1 amide bonds. The molecule has 0 fully saturated rings. The molecule has 0 aliphatic carbocycles. The lowest BCUT2D eigenvalue weighted by molar-refractivity contribution is -0.118. The molecular weight excluding hydrogens is 486 g/mol. The summed E-state index contributed by atoms with van der Waals surface area (Å²) in [7, 11) is 0. The van der Waals surface area contributed by atoms with Crippen molar-refractivity contribution in [1.82, 2.24) is 10.3 Å². The quantitative estimate of drug-likeness (QED) is 0.232. The average Bonchev–Trinajstić information content (AvgIpc) is 2.89. The number of para-hydroxylation sites is 1. The Bertz CT molecular complexity index is 1510. The number of hydrogen-bond donors (Lipinski definition) is 5. The molecule has 0 bridgehead atoms. The number of guanidine groups is 1. The summed E-state index contributed by atoms with van der Waals surface area (Å²) in [5.74, 6) is 0.757. The molecule has 192 valence electrons. The van der Waals surface area contributed by atoms with Gasteiger partial charge in [-0.15, -0.1) is 0 Å². The molecule has 1 aromatic heterocycles. The van der Waals surface area contributed by atoms with Gasteiger partial charge < -0.3 is 31.6 Å². The Hall–Kier alpha value is -5.49. The van der Waals surface area contributed by atoms with Crippen molar-refractivity contribution in [2.75, 3.05) is 35.3 Å². The Labute approximate surface area is 218 Å². The van der Waals surface area contributed by atoms with Gasteiger partial charge in [-0.25, -0.2) is 9.98 Å². The van der Waals surface area contributed by atoms with Gasteiger partial charge >= 0.3 is 0 Å². The molecule has 0 spiro atoms. The minimum Gasteiger partial charge on any atom is -0.490 e. The first kappa shape index (κ1) is 25.6. The number of hydrogen-bond acceptors (Lipinski definition) is 11. The number of nitrogens with zero attached hydrogens (tertiary/aromatic N) is 4. The number of carbonyl (C=O) groups excluding carboxylic acids is 1. The SMILES string of the molecule is CCOc1cc(C2N=C(NC#N)Nc3nc(N)c(C#N)c(N)c32)ccc1OCC(=O)Nc1ccccc1C. The summed E-state index contributed by atoms with van der Waals surface area (Å²) in [6.07, 6.45) is 1.81. The molecule has 2 aromatic carbocycles. The van der Waals surface area contributed by atoms with Crippen molar-refractivity contribution < 1.29 is 14.3 Å². The number of nitrogens with one attached hydrogen (secondary N) is 3. The van der Waals surface area contributed by atoms with E-state index in [-0.39, 0.29) is 41.4 Å². The van der Waals surface area contributed by atoms with Crippen LogP contribution < -0.4 is 36.9 Å². The third-order valence-electron chi connectivity index (χ3n) is 5.72. The first-order chi connectivity index (χ1) is 18.4. The van der Waals surface area contributed by atoms with E-state index < -0.39 is 6.04 Å². The van der Waals surface area contributed by atoms with Crippen molar-refractivity contribution in [2.45, 2.75) is 19.9 Å². The van der Waals surface area contributed by atoms with Crippen LogP contribution in [0.2, 0.25) is 0 Å². The molecule has 7 N–H and O–H groups in total. The van der Waals surface area contributed by atoms with Crippen LogP contribution in [0.25, 0.3) is 0 Å². The van der Waals surface area contributed by atoms with Gasteiger partial charge in [0, 0.05) is 11.3 Å². The number of anilines is 4. The lowest BCUT2D eigenvalue weighted by Crippen LogP contribution is -2.32. The second kappa shape index (κ2) is 11.1. The monoisotopic (exact) mass is 511 g/mol. The van der Waals surface area contributed by atoms with Gasteiger partial charge in [0.25, 0.3) is 5.91 Å². The molecule has 1 unspecified atom stereocenters. The smallest absolute Gasteiger partial charge is 0.262 e. The van der Waals surface area contributed by atoms with Gasteiger partial charge in [0.1, 0.15) is 29.3 Å². The number of amides is 1. The van der Waals surface area contributed by atoms with Crippen LogP contribution in [-0.2, 0) is 4.79 Å². The van der Waals surface area contributed by atoms with Crippen LogP contribution in [0, 0.1) is 29.7 Å². The zero-order valence-corrected chi connectivity index (χ0v) is 20.7. The van der Waals surface area contributed by atoms with Crippen molar-refractivity contribution in [3.05, 3.63) is 64.7 Å². The number of benzene rings is 2. The lowest BCUT2D eigenvalue weighted by atomic mass is 9.95. The number of nitriles is 2. The van der Waals surface area contributed by atoms with Crippen molar-refractivity contribution in [2.24, 2.45) is 4.99 Å². The molecule has 0 radical (unpaired) electrons. The molecule has 1 atom stereocenters. The number of nitrogen functional groups attached to an aromatic ring is 2. The van der Waals surface area contributed by atoms with Gasteiger partial charge in [-0.05, 0) is 43.2 Å². The van der Waals surface area contributed by atoms with Crippen molar-refractivity contribution in [1.29, 1.82) is 10.5 Å². The number of pyridine rings is 1. The zero-order valence-electron chi connectivity index (χ0n) is 20.7. The van der Waals surface area contributed by atoms with Crippen LogP contribution in [0.15, 0.2) is 47.5 Å². The van der Waals surface area contributed by atoms with E-state index in [1.807, 2.05) is 50.4 Å². The number of aromatic nitrogens is 1. The minimum absolute atomic E-state index is 0.0343. The molecule has 38 heavy (non-hydrogen) atoms. The van der Waals surface area contributed by atoms with Crippen LogP contribution in [0.1, 0.15) is 35.2 Å². The van der Waals surface area contributed by atoms with Crippen LogP contribution >= 0.6 is 0 Å². The number of rotatable bonds is 7. The molecule has 1 aliphatic rings. The van der Waals surface area contributed by atoms with E-state index in [0.29, 0.717) is 34.9 Å². The van der Waals surface area contributed by atoms with Gasteiger partial charge in [-0.3, -0.25) is 10.1 Å². The molecular formula is C26H25N9O3. The number of carbonyl (C=O) groups is 1. The lowest BCUT2D eigenvalue weighted by Gasteiger charge is -2.26. The van der Waals surface area contributed by atoms with Gasteiger partial charge in [-0.2, -0.15) is 10.5 Å². The first-order valence-electron chi connectivity index (χ1n) is 11.6. The normalized spacial score (nSPS) is 13.6. The fourth-order valence-corrected chi connectivity index (χ4v) is 3.95. The Balaban J connectivity index is 1.65. The number of fused-ring (bicyclic) bond motifs is 1. The first-order valence-corrected chi connectivity index (χ1v) is 11.6. The highest BCUT2D eigenvalue weighted by Crippen LogP contribution is 2.42. The summed E-state index contributed by atoms with van der Waals surface area (Å²) in [6, 6.07) is 13.7. The van der Waals surface area contributed by atoms with E-state index in [1.165, 1.54) is 0 Å². The minimum atomic E-state index is -0.750. The largest absolute Gasteiger partial charge is 0.490 e. The fourth-order valence-electron chi connectivity index (χ4n) is 3.95. The summed E-state index contributed by atoms with van der Waals surface area (Å²) in [6.45, 7) is 3.82. The topological polar surface area (TPSA) is 196 Å². The summed E-state index contributed by atoms with van der Waals surface area (Å²) in [4.78, 5) is 21.3. The molecule has 1 aliphatic heterocycles. The average molecular weight is 512 g/mol. The zero-order chi connectivity index (χ0) is 27.2. The maximum Gasteiger partial charge on any atom is 0.262 e. The van der Waals surface area contributed by atoms with Gasteiger partial charge in [0.15, 0.2) is 24.3 Å². The van der Waals surface area contributed by atoms with Gasteiger partial charge in [0.2, 0.25) is 5.96 Å². The molecule has 0 saturated heterocycles. The second-order valence-corrected chi connectivity index (χ2v) is 8.19. The van der Waals surface area contributed by atoms with E-state index >= 15 is 0 Å². The van der Waals surface area contributed by atoms with E-state index in [9.17, 15) is 10.1 Å². The summed E-state index contributed by atoms with van der Waals surface area (Å²) in [5, 5.41) is 26.8. The fraction of sp³-hybridized carbons (Fsp3) is 0.192. The Morgan fingerprint density at radius 1 is 1.16 bits per heavy atom. The van der Waals surface area contributed by atoms with Crippen LogP contribution in [0.3, 0.4) is 0 Å². The van der Waals surface area contributed by atoms with E-state index in [0.717, 1.165) is 5.56 Å². The van der Waals surface area contributed by atoms with Gasteiger partial charge in [0.05, 0.1) is 12.3 Å². The highest BCUT2D eigenvalue weighted by molar-refractivity contribution is 5.98. The molecule has 12 heteroatoms. The van der Waals surface area contributed by atoms with Crippen molar-refractivity contribution in [3.8, 4) is 23.8 Å². The van der Waals surface area contributed by atoms with Crippen molar-refractivity contribution in [3.63, 3.8) is 0 Å². The number of aliphatic imine (C=N–C) groups is 1. The Morgan fingerprint density at radius 2 is 1.95 bits per heavy atom. The third-order valence-corrected chi connectivity index (χ3v) is 5.72. The third kappa shape index (κ3) is 5.20. The Kier molecular flexibility index (Phi) is 7.45. The van der Waals surface area contributed by atoms with Gasteiger partial charge in [-0.1, -0.05) is 24.3 Å². The maximum absolute atomic E-state index is 12.5. The molecule has 0 saturated carbocycles.